The van der Waals surface area contributed by atoms with Crippen LogP contribution in [0.2, 0.25) is 0 Å². The summed E-state index contributed by atoms with van der Waals surface area (Å²) in [4.78, 5) is 0. The third-order valence-electron chi connectivity index (χ3n) is 1.65. The zero-order valence-corrected chi connectivity index (χ0v) is 6.71. The zero-order valence-electron chi connectivity index (χ0n) is 6.71. The maximum Gasteiger partial charge on any atom is 0.141 e. The summed E-state index contributed by atoms with van der Waals surface area (Å²) < 4.78 is 12.9. The Balaban J connectivity index is 3.30. The third kappa shape index (κ3) is 1.44. The van der Waals surface area contributed by atoms with E-state index >= 15 is 0 Å². The lowest BCUT2D eigenvalue weighted by Crippen LogP contribution is -2.08. The van der Waals surface area contributed by atoms with Gasteiger partial charge < -0.3 is 5.73 Å². The van der Waals surface area contributed by atoms with E-state index in [0.717, 1.165) is 0 Å². The molecule has 0 bridgehead atoms. The van der Waals surface area contributed by atoms with Crippen molar-refractivity contribution < 1.29 is 4.39 Å². The molecule has 0 aliphatic carbocycles. The molecule has 0 radical (unpaired) electrons. The van der Waals surface area contributed by atoms with Gasteiger partial charge in [-0.2, -0.15) is 5.26 Å². The van der Waals surface area contributed by atoms with Crippen molar-refractivity contribution in [3.8, 4) is 6.07 Å². The Labute approximate surface area is 70.4 Å². The van der Waals surface area contributed by atoms with E-state index in [1.54, 1.807) is 25.1 Å². The molecular formula is C9H9FN2. The zero-order chi connectivity index (χ0) is 9.14. The Bertz CT molecular complexity index is 326. The van der Waals surface area contributed by atoms with Crippen LogP contribution in [0, 0.1) is 17.1 Å². The molecule has 1 atom stereocenters. The van der Waals surface area contributed by atoms with E-state index in [4.69, 9.17) is 11.0 Å². The first-order valence-corrected chi connectivity index (χ1v) is 3.61. The normalized spacial score (nSPS) is 12.2. The number of halogens is 1. The van der Waals surface area contributed by atoms with Gasteiger partial charge in [-0.25, -0.2) is 4.39 Å². The summed E-state index contributed by atoms with van der Waals surface area (Å²) in [7, 11) is 0. The molecule has 0 unspecified atom stereocenters. The van der Waals surface area contributed by atoms with Gasteiger partial charge >= 0.3 is 0 Å². The number of nitriles is 1. The van der Waals surface area contributed by atoms with E-state index in [9.17, 15) is 4.39 Å². The van der Waals surface area contributed by atoms with Crippen molar-refractivity contribution in [1.29, 1.82) is 5.26 Å². The highest BCUT2D eigenvalue weighted by atomic mass is 19.1. The Morgan fingerprint density at radius 3 is 2.67 bits per heavy atom. The quantitative estimate of drug-likeness (QED) is 0.687. The fourth-order valence-electron chi connectivity index (χ4n) is 1.04. The molecule has 1 aromatic rings. The van der Waals surface area contributed by atoms with Gasteiger partial charge in [0.1, 0.15) is 11.9 Å². The second kappa shape index (κ2) is 3.33. The van der Waals surface area contributed by atoms with Crippen LogP contribution in [0.1, 0.15) is 24.1 Å². The van der Waals surface area contributed by atoms with Crippen LogP contribution in [0.25, 0.3) is 0 Å². The predicted octanol–water partition coefficient (Wildman–Crippen LogP) is 1.72. The van der Waals surface area contributed by atoms with Gasteiger partial charge in [-0.3, -0.25) is 0 Å². The molecule has 0 heterocycles. The van der Waals surface area contributed by atoms with Crippen molar-refractivity contribution in [1.82, 2.24) is 0 Å². The lowest BCUT2D eigenvalue weighted by atomic mass is 10.0. The summed E-state index contributed by atoms with van der Waals surface area (Å²) in [6.07, 6.45) is 0. The third-order valence-corrected chi connectivity index (χ3v) is 1.65. The molecule has 0 aliphatic heterocycles. The van der Waals surface area contributed by atoms with Gasteiger partial charge in [-0.1, -0.05) is 12.1 Å². The summed E-state index contributed by atoms with van der Waals surface area (Å²) in [5.74, 6) is -0.507. The largest absolute Gasteiger partial charge is 0.324 e. The van der Waals surface area contributed by atoms with Gasteiger partial charge in [0.15, 0.2) is 0 Å². The lowest BCUT2D eigenvalue weighted by Gasteiger charge is -2.07. The summed E-state index contributed by atoms with van der Waals surface area (Å²) in [6, 6.07) is 5.94. The molecular weight excluding hydrogens is 155 g/mol. The number of benzene rings is 1. The van der Waals surface area contributed by atoms with E-state index < -0.39 is 5.82 Å². The summed E-state index contributed by atoms with van der Waals surface area (Å²) >= 11 is 0. The van der Waals surface area contributed by atoms with Crippen LogP contribution in [0.4, 0.5) is 4.39 Å². The van der Waals surface area contributed by atoms with Crippen LogP contribution in [0.5, 0.6) is 0 Å². The maximum absolute atomic E-state index is 12.9. The summed E-state index contributed by atoms with van der Waals surface area (Å²) in [5, 5.41) is 8.60. The molecule has 12 heavy (non-hydrogen) atoms. The maximum atomic E-state index is 12.9. The lowest BCUT2D eigenvalue weighted by molar-refractivity contribution is 0.618. The molecule has 0 aliphatic rings. The average Bonchev–Trinajstić information content (AvgIpc) is 2.03. The molecule has 1 aromatic carbocycles. The number of nitrogens with zero attached hydrogens (tertiary/aromatic N) is 1. The van der Waals surface area contributed by atoms with Crippen LogP contribution in [0.15, 0.2) is 18.2 Å². The van der Waals surface area contributed by atoms with E-state index in [2.05, 4.69) is 0 Å². The van der Waals surface area contributed by atoms with Crippen LogP contribution in [-0.4, -0.2) is 0 Å². The Morgan fingerprint density at radius 1 is 1.58 bits per heavy atom. The highest BCUT2D eigenvalue weighted by Crippen LogP contribution is 2.17. The minimum absolute atomic E-state index is 0.0486. The topological polar surface area (TPSA) is 49.8 Å². The number of nitrogens with two attached hydrogens (primary N) is 1. The van der Waals surface area contributed by atoms with Crippen molar-refractivity contribution in [2.45, 2.75) is 13.0 Å². The average molecular weight is 164 g/mol. The first-order valence-electron chi connectivity index (χ1n) is 3.61. The molecule has 1 rings (SSSR count). The van der Waals surface area contributed by atoms with Gasteiger partial charge in [0.25, 0.3) is 0 Å². The smallest absolute Gasteiger partial charge is 0.141 e. The second-order valence-corrected chi connectivity index (χ2v) is 2.60. The molecule has 2 N–H and O–H groups in total. The van der Waals surface area contributed by atoms with Crippen molar-refractivity contribution in [2.75, 3.05) is 0 Å². The molecule has 0 saturated heterocycles. The molecule has 3 heteroatoms. The molecule has 2 nitrogen and oxygen atoms in total. The number of rotatable bonds is 1. The van der Waals surface area contributed by atoms with E-state index in [0.29, 0.717) is 5.56 Å². The molecule has 0 spiro atoms. The van der Waals surface area contributed by atoms with Crippen LogP contribution in [0.3, 0.4) is 0 Å². The van der Waals surface area contributed by atoms with E-state index in [-0.39, 0.29) is 11.6 Å². The van der Waals surface area contributed by atoms with Gasteiger partial charge in [0, 0.05) is 6.04 Å². The fraction of sp³-hybridized carbons (Fsp3) is 0.222. The number of hydrogen-bond donors (Lipinski definition) is 1. The van der Waals surface area contributed by atoms with E-state index in [1.807, 2.05) is 0 Å². The van der Waals surface area contributed by atoms with Crippen molar-refractivity contribution in [3.05, 3.63) is 35.1 Å². The van der Waals surface area contributed by atoms with Crippen molar-refractivity contribution in [2.24, 2.45) is 5.73 Å². The first-order chi connectivity index (χ1) is 5.66. The van der Waals surface area contributed by atoms with Gasteiger partial charge in [0.05, 0.1) is 5.56 Å². The monoisotopic (exact) mass is 164 g/mol. The van der Waals surface area contributed by atoms with Crippen LogP contribution >= 0.6 is 0 Å². The van der Waals surface area contributed by atoms with Crippen molar-refractivity contribution in [3.63, 3.8) is 0 Å². The molecule has 0 fully saturated rings. The van der Waals surface area contributed by atoms with Crippen LogP contribution < -0.4 is 5.73 Å². The van der Waals surface area contributed by atoms with Gasteiger partial charge in [-0.05, 0) is 18.6 Å². The number of hydrogen-bond acceptors (Lipinski definition) is 2. The molecule has 0 aromatic heterocycles. The molecule has 62 valence electrons. The standard InChI is InChI=1S/C9H9FN2/c1-6(12)7-3-2-4-9(10)8(7)5-11/h2-4,6H,12H2,1H3/t6-/m1/s1. The van der Waals surface area contributed by atoms with Crippen LogP contribution in [-0.2, 0) is 0 Å². The minimum atomic E-state index is -0.507. The Hall–Kier alpha value is -1.40. The summed E-state index contributed by atoms with van der Waals surface area (Å²) in [6.45, 7) is 1.72. The molecule has 0 saturated carbocycles. The highest BCUT2D eigenvalue weighted by molar-refractivity contribution is 5.40. The van der Waals surface area contributed by atoms with Gasteiger partial charge in [-0.15, -0.1) is 0 Å². The first kappa shape index (κ1) is 8.69. The summed E-state index contributed by atoms with van der Waals surface area (Å²) in [5.41, 5.74) is 6.14. The Kier molecular flexibility index (Phi) is 2.41. The van der Waals surface area contributed by atoms with Gasteiger partial charge in [0.2, 0.25) is 0 Å². The SMILES string of the molecule is C[C@@H](N)c1cccc(F)c1C#N. The predicted molar refractivity (Wildman–Crippen MR) is 43.7 cm³/mol. The van der Waals surface area contributed by atoms with E-state index in [1.165, 1.54) is 6.07 Å². The molecule has 0 amide bonds. The fourth-order valence-corrected chi connectivity index (χ4v) is 1.04. The van der Waals surface area contributed by atoms with Crippen molar-refractivity contribution >= 4 is 0 Å². The highest BCUT2D eigenvalue weighted by Gasteiger charge is 2.09. The second-order valence-electron chi connectivity index (χ2n) is 2.60. The Morgan fingerprint density at radius 2 is 2.25 bits per heavy atom. The minimum Gasteiger partial charge on any atom is -0.324 e.